The summed E-state index contributed by atoms with van der Waals surface area (Å²) in [5, 5.41) is 3.50. The highest BCUT2D eigenvalue weighted by Crippen LogP contribution is 2.29. The molecule has 2 aromatic heterocycles. The van der Waals surface area contributed by atoms with Crippen molar-refractivity contribution in [2.75, 3.05) is 24.4 Å². The van der Waals surface area contributed by atoms with Crippen LogP contribution in [0.3, 0.4) is 0 Å². The van der Waals surface area contributed by atoms with Gasteiger partial charge in [0.05, 0.1) is 17.4 Å². The predicted octanol–water partition coefficient (Wildman–Crippen LogP) is 2.17. The van der Waals surface area contributed by atoms with Crippen LogP contribution in [0.15, 0.2) is 18.6 Å². The lowest BCUT2D eigenvalue weighted by molar-refractivity contribution is 0.0667. The third-order valence-electron chi connectivity index (χ3n) is 3.73. The van der Waals surface area contributed by atoms with Gasteiger partial charge >= 0.3 is 0 Å². The van der Waals surface area contributed by atoms with Gasteiger partial charge in [-0.3, -0.25) is 0 Å². The number of aromatic nitrogens is 3. The maximum atomic E-state index is 6.17. The number of pyridine rings is 1. The summed E-state index contributed by atoms with van der Waals surface area (Å²) in [6.45, 7) is 1.47. The van der Waals surface area contributed by atoms with E-state index in [9.17, 15) is 0 Å². The molecule has 1 fully saturated rings. The second-order valence-corrected chi connectivity index (χ2v) is 5.30. The van der Waals surface area contributed by atoms with Crippen LogP contribution in [0.1, 0.15) is 12.8 Å². The Kier molecular flexibility index (Phi) is 3.33. The van der Waals surface area contributed by atoms with Gasteiger partial charge in [-0.25, -0.2) is 9.97 Å². The smallest absolute Gasteiger partial charge is 0.154 e. The van der Waals surface area contributed by atoms with Gasteiger partial charge in [0.2, 0.25) is 0 Å². The van der Waals surface area contributed by atoms with Crippen LogP contribution in [-0.2, 0) is 11.8 Å². The molecule has 1 saturated heterocycles. The molecule has 0 amide bonds. The monoisotopic (exact) mass is 280 g/mol. The van der Waals surface area contributed by atoms with Crippen molar-refractivity contribution >= 4 is 28.5 Å². The molecule has 0 unspecified atom stereocenters. The van der Waals surface area contributed by atoms with E-state index in [0.717, 1.165) is 42.9 Å². The standard InChI is InChI=1S/C13H17ClN4O/c1-18-9-16-11-10(18)2-5-15-12(11)17-13(8-14)3-6-19-7-4-13/h2,5,9H,3-4,6-8H2,1H3,(H,15,17). The Morgan fingerprint density at radius 1 is 1.42 bits per heavy atom. The number of nitrogens with one attached hydrogen (secondary N) is 1. The molecule has 6 heteroatoms. The Balaban J connectivity index is 1.95. The van der Waals surface area contributed by atoms with Crippen LogP contribution in [0.2, 0.25) is 0 Å². The number of aryl methyl sites for hydroxylation is 1. The van der Waals surface area contributed by atoms with E-state index in [1.165, 1.54) is 0 Å². The molecule has 19 heavy (non-hydrogen) atoms. The fourth-order valence-corrected chi connectivity index (χ4v) is 2.79. The zero-order valence-electron chi connectivity index (χ0n) is 10.9. The summed E-state index contributed by atoms with van der Waals surface area (Å²) in [5.74, 6) is 1.35. The molecule has 0 aromatic carbocycles. The number of rotatable bonds is 3. The first-order valence-corrected chi connectivity index (χ1v) is 6.95. The highest BCUT2D eigenvalue weighted by Gasteiger charge is 2.32. The maximum absolute atomic E-state index is 6.17. The van der Waals surface area contributed by atoms with Gasteiger partial charge in [0.1, 0.15) is 5.52 Å². The topological polar surface area (TPSA) is 52.0 Å². The number of alkyl halides is 1. The Hall–Kier alpha value is -1.33. The molecule has 0 saturated carbocycles. The molecular weight excluding hydrogens is 264 g/mol. The van der Waals surface area contributed by atoms with Crippen LogP contribution in [-0.4, -0.2) is 39.2 Å². The molecule has 2 aromatic rings. The quantitative estimate of drug-likeness (QED) is 0.876. The fourth-order valence-electron chi connectivity index (χ4n) is 2.46. The van der Waals surface area contributed by atoms with E-state index in [-0.39, 0.29) is 5.54 Å². The van der Waals surface area contributed by atoms with Crippen LogP contribution >= 0.6 is 11.6 Å². The molecule has 102 valence electrons. The SMILES string of the molecule is Cn1cnc2c(NC3(CCl)CCOCC3)nccc21. The summed E-state index contributed by atoms with van der Waals surface area (Å²) in [5.41, 5.74) is 1.81. The molecule has 1 aliphatic heterocycles. The second-order valence-electron chi connectivity index (χ2n) is 5.03. The molecule has 0 atom stereocenters. The predicted molar refractivity (Wildman–Crippen MR) is 75.6 cm³/mol. The van der Waals surface area contributed by atoms with Crippen molar-refractivity contribution in [3.63, 3.8) is 0 Å². The Morgan fingerprint density at radius 2 is 2.21 bits per heavy atom. The molecule has 1 aliphatic rings. The van der Waals surface area contributed by atoms with E-state index in [0.29, 0.717) is 5.88 Å². The Morgan fingerprint density at radius 3 is 2.95 bits per heavy atom. The number of halogens is 1. The van der Waals surface area contributed by atoms with Gasteiger partial charge in [-0.2, -0.15) is 0 Å². The third-order valence-corrected chi connectivity index (χ3v) is 4.24. The minimum atomic E-state index is -0.140. The number of ether oxygens (including phenoxy) is 1. The Labute approximate surface area is 116 Å². The van der Waals surface area contributed by atoms with E-state index in [1.807, 2.05) is 17.7 Å². The average molecular weight is 281 g/mol. The van der Waals surface area contributed by atoms with Crippen LogP contribution in [0.5, 0.6) is 0 Å². The number of imidazole rings is 1. The summed E-state index contributed by atoms with van der Waals surface area (Å²) in [6.07, 6.45) is 5.38. The van der Waals surface area contributed by atoms with Crippen molar-refractivity contribution in [3.05, 3.63) is 18.6 Å². The van der Waals surface area contributed by atoms with E-state index in [2.05, 4.69) is 15.3 Å². The molecule has 1 N–H and O–H groups in total. The molecule has 0 aliphatic carbocycles. The molecule has 3 heterocycles. The first-order chi connectivity index (χ1) is 9.24. The number of nitrogens with zero attached hydrogens (tertiary/aromatic N) is 3. The summed E-state index contributed by atoms with van der Waals surface area (Å²) >= 11 is 6.17. The van der Waals surface area contributed by atoms with Crippen molar-refractivity contribution in [1.29, 1.82) is 0 Å². The van der Waals surface area contributed by atoms with Gasteiger partial charge < -0.3 is 14.6 Å². The minimum Gasteiger partial charge on any atom is -0.381 e. The first kappa shape index (κ1) is 12.7. The number of hydrogen-bond acceptors (Lipinski definition) is 4. The average Bonchev–Trinajstić information content (AvgIpc) is 2.83. The van der Waals surface area contributed by atoms with Crippen LogP contribution < -0.4 is 5.32 Å². The molecule has 3 rings (SSSR count). The molecule has 0 radical (unpaired) electrons. The van der Waals surface area contributed by atoms with Crippen molar-refractivity contribution in [3.8, 4) is 0 Å². The van der Waals surface area contributed by atoms with Gasteiger partial charge in [0.15, 0.2) is 5.82 Å². The normalized spacial score (nSPS) is 18.6. The van der Waals surface area contributed by atoms with Crippen LogP contribution in [0.4, 0.5) is 5.82 Å². The highest BCUT2D eigenvalue weighted by molar-refractivity contribution is 6.18. The van der Waals surface area contributed by atoms with Gasteiger partial charge in [-0.05, 0) is 18.9 Å². The van der Waals surface area contributed by atoms with E-state index in [4.69, 9.17) is 16.3 Å². The van der Waals surface area contributed by atoms with Gasteiger partial charge in [-0.15, -0.1) is 11.6 Å². The number of fused-ring (bicyclic) bond motifs is 1. The van der Waals surface area contributed by atoms with E-state index < -0.39 is 0 Å². The van der Waals surface area contributed by atoms with Crippen molar-refractivity contribution in [2.45, 2.75) is 18.4 Å². The second kappa shape index (κ2) is 4.98. The van der Waals surface area contributed by atoms with Crippen molar-refractivity contribution in [1.82, 2.24) is 14.5 Å². The molecular formula is C13H17ClN4O. The lowest BCUT2D eigenvalue weighted by atomic mass is 9.92. The van der Waals surface area contributed by atoms with Gasteiger partial charge in [0.25, 0.3) is 0 Å². The molecule has 0 bridgehead atoms. The number of anilines is 1. The lowest BCUT2D eigenvalue weighted by Gasteiger charge is -2.36. The lowest BCUT2D eigenvalue weighted by Crippen LogP contribution is -2.45. The zero-order valence-corrected chi connectivity index (χ0v) is 11.7. The fraction of sp³-hybridized carbons (Fsp3) is 0.538. The van der Waals surface area contributed by atoms with Crippen molar-refractivity contribution in [2.24, 2.45) is 7.05 Å². The minimum absolute atomic E-state index is 0.140. The molecule has 0 spiro atoms. The van der Waals surface area contributed by atoms with E-state index >= 15 is 0 Å². The van der Waals surface area contributed by atoms with E-state index in [1.54, 1.807) is 12.5 Å². The molecule has 5 nitrogen and oxygen atoms in total. The van der Waals surface area contributed by atoms with Crippen LogP contribution in [0, 0.1) is 0 Å². The maximum Gasteiger partial charge on any atom is 0.154 e. The largest absolute Gasteiger partial charge is 0.381 e. The third kappa shape index (κ3) is 2.28. The van der Waals surface area contributed by atoms with Gasteiger partial charge in [-0.1, -0.05) is 0 Å². The van der Waals surface area contributed by atoms with Crippen LogP contribution in [0.25, 0.3) is 11.0 Å². The Bertz CT molecular complexity index is 577. The summed E-state index contributed by atoms with van der Waals surface area (Å²) in [7, 11) is 1.98. The first-order valence-electron chi connectivity index (χ1n) is 6.42. The van der Waals surface area contributed by atoms with Crippen molar-refractivity contribution < 1.29 is 4.74 Å². The van der Waals surface area contributed by atoms with Gasteiger partial charge in [0, 0.05) is 32.3 Å². The summed E-state index contributed by atoms with van der Waals surface area (Å²) in [4.78, 5) is 8.83. The summed E-state index contributed by atoms with van der Waals surface area (Å²) in [6, 6.07) is 1.96. The zero-order chi connectivity index (χ0) is 13.3. The summed E-state index contributed by atoms with van der Waals surface area (Å²) < 4.78 is 7.40. The number of hydrogen-bond donors (Lipinski definition) is 1. The highest BCUT2D eigenvalue weighted by atomic mass is 35.5.